The first-order chi connectivity index (χ1) is 47.1. The van der Waals surface area contributed by atoms with Crippen LogP contribution in [0.2, 0.25) is 0 Å². The van der Waals surface area contributed by atoms with Gasteiger partial charge in [-0.3, -0.25) is 0 Å². The van der Waals surface area contributed by atoms with Crippen molar-refractivity contribution in [2.24, 2.45) is 0 Å². The molecule has 0 fully saturated rings. The number of hydrogen-bond acceptors (Lipinski definition) is 4. The van der Waals surface area contributed by atoms with Gasteiger partial charge in [0.15, 0.2) is 0 Å². The fourth-order valence-corrected chi connectivity index (χ4v) is 14.9. The summed E-state index contributed by atoms with van der Waals surface area (Å²) >= 11 is 0. The van der Waals surface area contributed by atoms with Gasteiger partial charge < -0.3 is 27.8 Å². The zero-order valence-electron chi connectivity index (χ0n) is 58.0. The predicted octanol–water partition coefficient (Wildman–Crippen LogP) is 26.6. The van der Waals surface area contributed by atoms with Gasteiger partial charge in [-0.25, -0.2) is 0 Å². The lowest BCUT2D eigenvalue weighted by Gasteiger charge is -2.27. The highest BCUT2D eigenvalue weighted by Crippen LogP contribution is 2.47. The molecule has 0 saturated heterocycles. The minimum atomic E-state index is -0.0338. The van der Waals surface area contributed by atoms with Crippen LogP contribution in [-0.2, 0) is 21.7 Å². The Morgan fingerprint density at radius 1 is 0.235 bits per heavy atom. The summed E-state index contributed by atoms with van der Waals surface area (Å²) < 4.78 is 18.6. The maximum Gasteiger partial charge on any atom is 0.136 e. The van der Waals surface area contributed by atoms with E-state index in [-0.39, 0.29) is 21.7 Å². The van der Waals surface area contributed by atoms with Gasteiger partial charge in [-0.1, -0.05) is 192 Å². The molecule has 17 aromatic rings. The van der Waals surface area contributed by atoms with Gasteiger partial charge in [-0.15, -0.1) is 0 Å². The van der Waals surface area contributed by atoms with Gasteiger partial charge in [0.25, 0.3) is 0 Å². The van der Waals surface area contributed by atoms with E-state index in [0.717, 1.165) is 88.8 Å². The molecule has 0 aliphatic carbocycles. The van der Waals surface area contributed by atoms with Crippen LogP contribution in [0.15, 0.2) is 276 Å². The van der Waals surface area contributed by atoms with Gasteiger partial charge in [0.1, 0.15) is 22.3 Å². The molecule has 0 saturated carbocycles. The zero-order chi connectivity index (χ0) is 67.3. The van der Waals surface area contributed by atoms with E-state index in [0.29, 0.717) is 0 Å². The summed E-state index contributed by atoms with van der Waals surface area (Å²) in [5, 5.41) is 11.2. The van der Waals surface area contributed by atoms with Crippen LogP contribution < -0.4 is 9.80 Å². The molecule has 13 aromatic carbocycles. The summed E-state index contributed by atoms with van der Waals surface area (Å²) in [6.07, 6.45) is 0. The Balaban J connectivity index is 0.789. The molecular weight excluding hydrogens is 1190 g/mol. The van der Waals surface area contributed by atoms with E-state index in [2.05, 4.69) is 369 Å². The largest absolute Gasteiger partial charge is 0.456 e. The maximum atomic E-state index is 6.83. The van der Waals surface area contributed by atoms with E-state index in [1.165, 1.54) is 88.4 Å². The number of rotatable bonds is 9. The normalized spacial score (nSPS) is 12.7. The molecule has 6 heteroatoms. The third-order valence-corrected chi connectivity index (χ3v) is 20.4. The van der Waals surface area contributed by atoms with E-state index in [4.69, 9.17) is 8.83 Å². The first-order valence-electron chi connectivity index (χ1n) is 34.5. The Morgan fingerprint density at radius 3 is 0.969 bits per heavy atom. The monoisotopic (exact) mass is 1270 g/mol. The second-order valence-corrected chi connectivity index (χ2v) is 31.2. The van der Waals surface area contributed by atoms with Crippen molar-refractivity contribution < 1.29 is 8.83 Å². The van der Waals surface area contributed by atoms with Gasteiger partial charge in [0, 0.05) is 88.6 Å². The molecule has 4 heterocycles. The van der Waals surface area contributed by atoms with Gasteiger partial charge in [-0.2, -0.15) is 0 Å². The SMILES string of the molecule is CC(C)(C)c1cc(-n2c3ccccc3c3cc(N(c4ccccc4)c4ccc5oc6cc7cc8oc9ccc(N(c%10ccc(-c%11ccccc%11)cc%10)c%10ccc%11c(c%10)c%10ccccc%10n%11-c%10cc(C(C)(C)C)cc(C(C)(C)C)c%10)cc9c8cc7cc6c5c4)ccc32)cc(C(C)(C)C)c1. The topological polar surface area (TPSA) is 42.6 Å². The van der Waals surface area contributed by atoms with Crippen LogP contribution >= 0.6 is 0 Å². The predicted molar refractivity (Wildman–Crippen MR) is 417 cm³/mol. The van der Waals surface area contributed by atoms with Crippen molar-refractivity contribution in [2.75, 3.05) is 9.80 Å². The number of hydrogen-bond donors (Lipinski definition) is 0. The first-order valence-corrected chi connectivity index (χ1v) is 34.5. The summed E-state index contributed by atoms with van der Waals surface area (Å²) in [5.41, 5.74) is 24.2. The average molecular weight is 1270 g/mol. The third-order valence-electron chi connectivity index (χ3n) is 20.4. The van der Waals surface area contributed by atoms with Crippen LogP contribution in [-0.4, -0.2) is 9.13 Å². The smallest absolute Gasteiger partial charge is 0.136 e. The van der Waals surface area contributed by atoms with Crippen molar-refractivity contribution in [1.29, 1.82) is 0 Å². The molecule has 0 N–H and O–H groups in total. The molecule has 0 amide bonds. The number of furan rings is 2. The highest BCUT2D eigenvalue weighted by molar-refractivity contribution is 6.17. The summed E-state index contributed by atoms with van der Waals surface area (Å²) in [5.74, 6) is 0. The number of fused-ring (bicyclic) bond motifs is 13. The van der Waals surface area contributed by atoms with Crippen LogP contribution in [0.4, 0.5) is 34.1 Å². The Labute approximate surface area is 573 Å². The lowest BCUT2D eigenvalue weighted by molar-refractivity contribution is 0.567. The molecule has 98 heavy (non-hydrogen) atoms. The van der Waals surface area contributed by atoms with Gasteiger partial charge >= 0.3 is 0 Å². The molecule has 4 aromatic heterocycles. The van der Waals surface area contributed by atoms with Crippen molar-refractivity contribution in [3.8, 4) is 22.5 Å². The summed E-state index contributed by atoms with van der Waals surface area (Å²) in [6.45, 7) is 27.8. The summed E-state index contributed by atoms with van der Waals surface area (Å²) in [7, 11) is 0. The van der Waals surface area contributed by atoms with Crippen molar-refractivity contribution in [2.45, 2.75) is 105 Å². The Kier molecular flexibility index (Phi) is 13.7. The van der Waals surface area contributed by atoms with Crippen molar-refractivity contribution >= 4 is 132 Å². The summed E-state index contributed by atoms with van der Waals surface area (Å²) in [6, 6.07) is 98.8. The van der Waals surface area contributed by atoms with Gasteiger partial charge in [0.2, 0.25) is 0 Å². The fourth-order valence-electron chi connectivity index (χ4n) is 14.9. The molecular formula is C92H80N4O2. The molecule has 0 aliphatic rings. The second-order valence-electron chi connectivity index (χ2n) is 31.2. The molecule has 0 bridgehead atoms. The molecule has 0 radical (unpaired) electrons. The van der Waals surface area contributed by atoms with Crippen LogP contribution in [0.25, 0.3) is 121 Å². The van der Waals surface area contributed by atoms with Gasteiger partial charge in [-0.05, 0) is 224 Å². The maximum absolute atomic E-state index is 6.83. The van der Waals surface area contributed by atoms with Crippen LogP contribution in [0.5, 0.6) is 0 Å². The molecule has 6 nitrogen and oxygen atoms in total. The molecule has 0 unspecified atom stereocenters. The minimum Gasteiger partial charge on any atom is -0.456 e. The number of nitrogens with zero attached hydrogens (tertiary/aromatic N) is 4. The number of anilines is 6. The Bertz CT molecular complexity index is 5960. The molecule has 0 spiro atoms. The Hall–Kier alpha value is -11.1. The van der Waals surface area contributed by atoms with Crippen molar-refractivity contribution in [3.63, 3.8) is 0 Å². The lowest BCUT2D eigenvalue weighted by Crippen LogP contribution is -2.17. The van der Waals surface area contributed by atoms with Crippen LogP contribution in [0, 0.1) is 0 Å². The third kappa shape index (κ3) is 10.3. The zero-order valence-corrected chi connectivity index (χ0v) is 58.0. The molecule has 0 atom stereocenters. The van der Waals surface area contributed by atoms with E-state index >= 15 is 0 Å². The van der Waals surface area contributed by atoms with Crippen molar-refractivity contribution in [3.05, 3.63) is 289 Å². The van der Waals surface area contributed by atoms with E-state index < -0.39 is 0 Å². The van der Waals surface area contributed by atoms with E-state index in [1.807, 2.05) is 0 Å². The second kappa shape index (κ2) is 22.2. The van der Waals surface area contributed by atoms with E-state index in [1.54, 1.807) is 0 Å². The average Bonchev–Trinajstić information content (AvgIpc) is 1.58. The van der Waals surface area contributed by atoms with Crippen LogP contribution in [0.3, 0.4) is 0 Å². The molecule has 0 aliphatic heterocycles. The highest BCUT2D eigenvalue weighted by Gasteiger charge is 2.27. The molecule has 480 valence electrons. The molecule has 17 rings (SSSR count). The van der Waals surface area contributed by atoms with Crippen molar-refractivity contribution in [1.82, 2.24) is 9.13 Å². The van der Waals surface area contributed by atoms with Crippen LogP contribution in [0.1, 0.15) is 105 Å². The Morgan fingerprint density at radius 2 is 0.551 bits per heavy atom. The summed E-state index contributed by atoms with van der Waals surface area (Å²) in [4.78, 5) is 4.79. The minimum absolute atomic E-state index is 0.0249. The first kappa shape index (κ1) is 60.6. The number of aromatic nitrogens is 2. The highest BCUT2D eigenvalue weighted by atomic mass is 16.3. The standard InChI is InChI=1S/C92H80N4O2/c1-89(2,3)61-47-62(90(4,5)6)50-71(49-61)95-81-29-21-19-27-73(81)75-53-67(35-39-83(75)95)93(65-25-17-14-18-26-65)69-37-41-85-79(55-69)77-43-59-44-78-80-56-70(38-42-86(80)98-88(78)46-60(59)45-87(77)97-85)94(66-33-31-58(32-34-66)57-23-15-13-16-24-57)68-36-40-84-76(54-68)74-28-20-22-30-82(74)96(84)72-51-63(91(7,8)9)48-64(52-72)92(10,11)12/h13-56H,1-12H3. The van der Waals surface area contributed by atoms with Gasteiger partial charge in [0.05, 0.1) is 22.1 Å². The quantitative estimate of drug-likeness (QED) is 0.144. The fraction of sp³-hybridized carbons (Fsp3) is 0.174. The van der Waals surface area contributed by atoms with E-state index in [9.17, 15) is 0 Å². The lowest BCUT2D eigenvalue weighted by atomic mass is 9.80. The number of benzene rings is 13. The number of para-hydroxylation sites is 3.